The van der Waals surface area contributed by atoms with Crippen molar-refractivity contribution >= 4 is 11.8 Å². The predicted octanol–water partition coefficient (Wildman–Crippen LogP) is 2.48. The summed E-state index contributed by atoms with van der Waals surface area (Å²) in [7, 11) is 2.80. The van der Waals surface area contributed by atoms with E-state index in [2.05, 4.69) is 0 Å². The molecular formula is C18H18O6. The van der Waals surface area contributed by atoms with Crippen molar-refractivity contribution in [1.29, 1.82) is 0 Å². The lowest BCUT2D eigenvalue weighted by Crippen LogP contribution is -2.39. The van der Waals surface area contributed by atoms with Gasteiger partial charge in [-0.25, -0.2) is 4.79 Å². The molecule has 2 rings (SSSR count). The average molecular weight is 330 g/mol. The molecule has 2 aromatic carbocycles. The van der Waals surface area contributed by atoms with Gasteiger partial charge >= 0.3 is 5.97 Å². The van der Waals surface area contributed by atoms with E-state index in [1.54, 1.807) is 24.3 Å². The molecular weight excluding hydrogens is 312 g/mol. The van der Waals surface area contributed by atoms with Gasteiger partial charge in [0, 0.05) is 25.3 Å². The van der Waals surface area contributed by atoms with Crippen LogP contribution in [0.2, 0.25) is 0 Å². The number of carbonyl (C=O) groups excluding carboxylic acids is 1. The highest BCUT2D eigenvalue weighted by atomic mass is 16.7. The average Bonchev–Trinajstić information content (AvgIpc) is 2.62. The minimum Gasteiger partial charge on any atom is -0.482 e. The van der Waals surface area contributed by atoms with E-state index in [4.69, 9.17) is 19.3 Å². The molecule has 0 unspecified atom stereocenters. The Bertz CT molecular complexity index is 689. The molecule has 0 bridgehead atoms. The molecule has 0 saturated carbocycles. The van der Waals surface area contributed by atoms with E-state index in [1.807, 2.05) is 6.07 Å². The van der Waals surface area contributed by atoms with Gasteiger partial charge < -0.3 is 19.3 Å². The maximum absolute atomic E-state index is 12.9. The minimum absolute atomic E-state index is 0.352. The number of methoxy groups -OCH3 is 2. The molecule has 0 heterocycles. The molecule has 2 aromatic rings. The normalized spacial score (nSPS) is 11.1. The number of ketones is 1. The maximum atomic E-state index is 12.9. The minimum atomic E-state index is -1.55. The van der Waals surface area contributed by atoms with E-state index in [1.165, 1.54) is 38.5 Å². The lowest BCUT2D eigenvalue weighted by Gasteiger charge is -2.29. The van der Waals surface area contributed by atoms with Gasteiger partial charge in [0.15, 0.2) is 6.61 Å². The van der Waals surface area contributed by atoms with Crippen LogP contribution in [0.3, 0.4) is 0 Å². The van der Waals surface area contributed by atoms with E-state index in [0.29, 0.717) is 16.9 Å². The molecule has 0 atom stereocenters. The lowest BCUT2D eigenvalue weighted by molar-refractivity contribution is -0.176. The molecule has 0 spiro atoms. The van der Waals surface area contributed by atoms with Crippen LogP contribution in [0, 0.1) is 0 Å². The third-order valence-electron chi connectivity index (χ3n) is 3.51. The van der Waals surface area contributed by atoms with E-state index in [0.717, 1.165) is 0 Å². The Morgan fingerprint density at radius 3 is 2.04 bits per heavy atom. The van der Waals surface area contributed by atoms with Crippen LogP contribution in [-0.4, -0.2) is 37.7 Å². The molecule has 0 saturated heterocycles. The van der Waals surface area contributed by atoms with E-state index >= 15 is 0 Å². The van der Waals surface area contributed by atoms with Crippen molar-refractivity contribution < 1.29 is 28.9 Å². The van der Waals surface area contributed by atoms with Crippen molar-refractivity contribution in [2.24, 2.45) is 0 Å². The molecule has 6 heteroatoms. The quantitative estimate of drug-likeness (QED) is 0.591. The molecule has 6 nitrogen and oxygen atoms in total. The van der Waals surface area contributed by atoms with Crippen LogP contribution in [0.15, 0.2) is 54.6 Å². The third-order valence-corrected chi connectivity index (χ3v) is 3.51. The fourth-order valence-electron chi connectivity index (χ4n) is 2.33. The molecule has 24 heavy (non-hydrogen) atoms. The van der Waals surface area contributed by atoms with Crippen LogP contribution in [0.4, 0.5) is 0 Å². The van der Waals surface area contributed by atoms with Crippen molar-refractivity contribution in [1.82, 2.24) is 0 Å². The number of benzene rings is 2. The SMILES string of the molecule is COC(OC)(C(=O)c1ccc(OCC(=O)O)cc1)c1ccccc1. The summed E-state index contributed by atoms with van der Waals surface area (Å²) in [6, 6.07) is 15.0. The van der Waals surface area contributed by atoms with Crippen molar-refractivity contribution in [2.45, 2.75) is 5.79 Å². The predicted molar refractivity (Wildman–Crippen MR) is 86.0 cm³/mol. The van der Waals surface area contributed by atoms with Crippen molar-refractivity contribution in [2.75, 3.05) is 20.8 Å². The van der Waals surface area contributed by atoms with Gasteiger partial charge in [-0.3, -0.25) is 4.79 Å². The highest BCUT2D eigenvalue weighted by Crippen LogP contribution is 2.30. The zero-order chi connectivity index (χ0) is 17.6. The van der Waals surface area contributed by atoms with Crippen LogP contribution in [0.25, 0.3) is 0 Å². The second-order valence-electron chi connectivity index (χ2n) is 4.93. The topological polar surface area (TPSA) is 82.1 Å². The molecule has 0 aliphatic rings. The highest BCUT2D eigenvalue weighted by molar-refractivity contribution is 6.02. The van der Waals surface area contributed by atoms with Gasteiger partial charge in [-0.1, -0.05) is 30.3 Å². The summed E-state index contributed by atoms with van der Waals surface area (Å²) in [5.41, 5.74) is 0.927. The Labute approximate surface area is 139 Å². The summed E-state index contributed by atoms with van der Waals surface area (Å²) in [6.07, 6.45) is 0. The fraction of sp³-hybridized carbons (Fsp3) is 0.222. The zero-order valence-corrected chi connectivity index (χ0v) is 13.4. The zero-order valence-electron chi connectivity index (χ0n) is 13.4. The first-order chi connectivity index (χ1) is 11.5. The molecule has 0 aliphatic heterocycles. The summed E-state index contributed by atoms with van der Waals surface area (Å²) in [5, 5.41) is 8.60. The number of aliphatic carboxylic acids is 1. The molecule has 126 valence electrons. The first-order valence-corrected chi connectivity index (χ1v) is 7.19. The number of Topliss-reactive ketones (excluding diaryl/α,β-unsaturated/α-hetero) is 1. The number of carboxylic acid groups (broad SMARTS) is 1. The largest absolute Gasteiger partial charge is 0.482 e. The number of carbonyl (C=O) groups is 2. The second-order valence-corrected chi connectivity index (χ2v) is 4.93. The summed E-state index contributed by atoms with van der Waals surface area (Å²) < 4.78 is 15.9. The fourth-order valence-corrected chi connectivity index (χ4v) is 2.33. The van der Waals surface area contributed by atoms with Crippen LogP contribution in [0.1, 0.15) is 15.9 Å². The van der Waals surface area contributed by atoms with Crippen molar-refractivity contribution in [3.63, 3.8) is 0 Å². The number of rotatable bonds is 8. The highest BCUT2D eigenvalue weighted by Gasteiger charge is 2.41. The first kappa shape index (κ1) is 17.7. The standard InChI is InChI=1S/C18H18O6/c1-22-18(23-2,14-6-4-3-5-7-14)17(21)13-8-10-15(11-9-13)24-12-16(19)20/h3-11H,12H2,1-2H3,(H,19,20). The van der Waals surface area contributed by atoms with E-state index in [-0.39, 0.29) is 5.78 Å². The van der Waals surface area contributed by atoms with E-state index < -0.39 is 18.4 Å². The Hall–Kier alpha value is -2.70. The first-order valence-electron chi connectivity index (χ1n) is 7.19. The number of ether oxygens (including phenoxy) is 3. The van der Waals surface area contributed by atoms with Gasteiger partial charge in [-0.15, -0.1) is 0 Å². The third kappa shape index (κ3) is 3.61. The number of hydrogen-bond donors (Lipinski definition) is 1. The molecule has 1 N–H and O–H groups in total. The molecule has 0 amide bonds. The smallest absolute Gasteiger partial charge is 0.341 e. The van der Waals surface area contributed by atoms with Gasteiger partial charge in [0.05, 0.1) is 0 Å². The van der Waals surface area contributed by atoms with Crippen LogP contribution >= 0.6 is 0 Å². The van der Waals surface area contributed by atoms with Gasteiger partial charge in [0.1, 0.15) is 5.75 Å². The Morgan fingerprint density at radius 2 is 1.54 bits per heavy atom. The van der Waals surface area contributed by atoms with Gasteiger partial charge in [-0.2, -0.15) is 0 Å². The van der Waals surface area contributed by atoms with Gasteiger partial charge in [0.25, 0.3) is 5.79 Å². The van der Waals surface area contributed by atoms with Crippen molar-refractivity contribution in [3.05, 3.63) is 65.7 Å². The summed E-state index contributed by atoms with van der Waals surface area (Å²) in [5.74, 6) is -2.64. The Balaban J connectivity index is 2.29. The summed E-state index contributed by atoms with van der Waals surface area (Å²) in [4.78, 5) is 23.4. The van der Waals surface area contributed by atoms with Crippen LogP contribution in [-0.2, 0) is 20.1 Å². The van der Waals surface area contributed by atoms with Gasteiger partial charge in [-0.05, 0) is 24.3 Å². The van der Waals surface area contributed by atoms with Crippen molar-refractivity contribution in [3.8, 4) is 5.75 Å². The lowest BCUT2D eigenvalue weighted by atomic mass is 9.96. The molecule has 0 aromatic heterocycles. The van der Waals surface area contributed by atoms with Gasteiger partial charge in [0.2, 0.25) is 5.78 Å². The number of carboxylic acids is 1. The summed E-state index contributed by atoms with van der Waals surface area (Å²) >= 11 is 0. The maximum Gasteiger partial charge on any atom is 0.341 e. The number of hydrogen-bond acceptors (Lipinski definition) is 5. The monoisotopic (exact) mass is 330 g/mol. The summed E-state index contributed by atoms with van der Waals surface area (Å²) in [6.45, 7) is -0.447. The Kier molecular flexibility index (Phi) is 5.68. The van der Waals surface area contributed by atoms with E-state index in [9.17, 15) is 9.59 Å². The molecule has 0 radical (unpaired) electrons. The Morgan fingerprint density at radius 1 is 0.958 bits per heavy atom. The van der Waals surface area contributed by atoms with Crippen LogP contribution < -0.4 is 4.74 Å². The molecule has 0 fully saturated rings. The second kappa shape index (κ2) is 7.72. The van der Waals surface area contributed by atoms with Crippen LogP contribution in [0.5, 0.6) is 5.75 Å². The molecule has 0 aliphatic carbocycles.